The minimum atomic E-state index is 0.233. The van der Waals surface area contributed by atoms with Crippen molar-refractivity contribution in [3.05, 3.63) is 67.1 Å². The minimum absolute atomic E-state index is 0.233. The highest BCUT2D eigenvalue weighted by Gasteiger charge is 2.10. The van der Waals surface area contributed by atoms with Crippen molar-refractivity contribution < 1.29 is 9.84 Å². The van der Waals surface area contributed by atoms with Crippen molar-refractivity contribution in [3.63, 3.8) is 0 Å². The Morgan fingerprint density at radius 1 is 1.00 bits per heavy atom. The summed E-state index contributed by atoms with van der Waals surface area (Å²) in [5.74, 6) is 1.70. The van der Waals surface area contributed by atoms with Gasteiger partial charge in [0.05, 0.1) is 19.0 Å². The number of aromatic nitrogens is 3. The fraction of sp³-hybridized carbons (Fsp3) is 0.0526. The molecule has 2 aromatic heterocycles. The van der Waals surface area contributed by atoms with Crippen LogP contribution in [0.25, 0.3) is 16.9 Å². The Morgan fingerprint density at radius 3 is 2.48 bits per heavy atom. The number of hydrogen-bond acceptors (Lipinski definition) is 5. The van der Waals surface area contributed by atoms with Gasteiger partial charge < -0.3 is 15.2 Å². The van der Waals surface area contributed by atoms with Gasteiger partial charge in [0, 0.05) is 23.6 Å². The Bertz CT molecular complexity index is 1010. The lowest BCUT2D eigenvalue weighted by molar-refractivity contribution is 0.415. The second-order valence-electron chi connectivity index (χ2n) is 5.51. The number of phenols is 1. The second kappa shape index (κ2) is 6.16. The van der Waals surface area contributed by atoms with Crippen LogP contribution in [0.15, 0.2) is 67.1 Å². The fourth-order valence-corrected chi connectivity index (χ4v) is 2.66. The summed E-state index contributed by atoms with van der Waals surface area (Å²) in [7, 11) is 1.64. The van der Waals surface area contributed by atoms with Gasteiger partial charge in [-0.05, 0) is 48.5 Å². The third-order valence-corrected chi connectivity index (χ3v) is 3.94. The van der Waals surface area contributed by atoms with Crippen LogP contribution in [0.5, 0.6) is 11.5 Å². The summed E-state index contributed by atoms with van der Waals surface area (Å²) < 4.78 is 7.14. The third-order valence-electron chi connectivity index (χ3n) is 3.94. The van der Waals surface area contributed by atoms with Crippen molar-refractivity contribution >= 4 is 17.2 Å². The van der Waals surface area contributed by atoms with Gasteiger partial charge in [-0.2, -0.15) is 0 Å². The quantitative estimate of drug-likeness (QED) is 0.594. The molecule has 124 valence electrons. The molecule has 2 heterocycles. The molecular weight excluding hydrogens is 316 g/mol. The van der Waals surface area contributed by atoms with E-state index in [9.17, 15) is 5.11 Å². The van der Waals surface area contributed by atoms with Crippen molar-refractivity contribution in [1.29, 1.82) is 0 Å². The first-order valence-corrected chi connectivity index (χ1v) is 7.77. The molecule has 0 saturated carbocycles. The first-order chi connectivity index (χ1) is 12.2. The van der Waals surface area contributed by atoms with Gasteiger partial charge in [-0.25, -0.2) is 9.97 Å². The SMILES string of the molecule is COc1ccc(Nc2ncc(-c3ccc(O)cc3)n3ccnc23)cc1. The van der Waals surface area contributed by atoms with E-state index in [1.165, 1.54) is 0 Å². The van der Waals surface area contributed by atoms with E-state index in [-0.39, 0.29) is 5.75 Å². The zero-order chi connectivity index (χ0) is 17.2. The molecular formula is C19H16N4O2. The van der Waals surface area contributed by atoms with Crippen LogP contribution >= 0.6 is 0 Å². The van der Waals surface area contributed by atoms with Crippen molar-refractivity contribution in [3.8, 4) is 22.8 Å². The van der Waals surface area contributed by atoms with E-state index in [1.807, 2.05) is 47.0 Å². The van der Waals surface area contributed by atoms with Crippen LogP contribution in [-0.4, -0.2) is 26.6 Å². The van der Waals surface area contributed by atoms with Crippen LogP contribution in [0.1, 0.15) is 0 Å². The molecule has 6 heteroatoms. The number of rotatable bonds is 4. The first-order valence-electron chi connectivity index (χ1n) is 7.77. The van der Waals surface area contributed by atoms with Crippen molar-refractivity contribution in [2.45, 2.75) is 0 Å². The Hall–Kier alpha value is -3.54. The van der Waals surface area contributed by atoms with Gasteiger partial charge in [-0.1, -0.05) is 0 Å². The number of nitrogens with zero attached hydrogens (tertiary/aromatic N) is 3. The highest BCUT2D eigenvalue weighted by atomic mass is 16.5. The smallest absolute Gasteiger partial charge is 0.180 e. The molecule has 4 rings (SSSR count). The van der Waals surface area contributed by atoms with Crippen molar-refractivity contribution in [2.24, 2.45) is 0 Å². The maximum Gasteiger partial charge on any atom is 0.180 e. The van der Waals surface area contributed by atoms with E-state index in [0.717, 1.165) is 28.3 Å². The van der Waals surface area contributed by atoms with E-state index in [4.69, 9.17) is 4.74 Å². The predicted octanol–water partition coefficient (Wildman–Crippen LogP) is 3.85. The lowest BCUT2D eigenvalue weighted by atomic mass is 10.1. The second-order valence-corrected chi connectivity index (χ2v) is 5.51. The van der Waals surface area contributed by atoms with Crippen LogP contribution < -0.4 is 10.1 Å². The minimum Gasteiger partial charge on any atom is -0.508 e. The molecule has 6 nitrogen and oxygen atoms in total. The van der Waals surface area contributed by atoms with E-state index < -0.39 is 0 Å². The molecule has 4 aromatic rings. The molecule has 0 aliphatic carbocycles. The lowest BCUT2D eigenvalue weighted by Crippen LogP contribution is -2.00. The predicted molar refractivity (Wildman–Crippen MR) is 96.4 cm³/mol. The number of aromatic hydroxyl groups is 1. The molecule has 0 atom stereocenters. The number of phenolic OH excluding ortho intramolecular Hbond substituents is 1. The molecule has 0 aliphatic heterocycles. The number of hydrogen-bond donors (Lipinski definition) is 2. The zero-order valence-corrected chi connectivity index (χ0v) is 13.5. The Kier molecular flexibility index (Phi) is 3.70. The van der Waals surface area contributed by atoms with Gasteiger partial charge in [-0.15, -0.1) is 0 Å². The molecule has 0 unspecified atom stereocenters. The number of ether oxygens (including phenoxy) is 1. The van der Waals surface area contributed by atoms with Crippen molar-refractivity contribution in [1.82, 2.24) is 14.4 Å². The van der Waals surface area contributed by atoms with Crippen molar-refractivity contribution in [2.75, 3.05) is 12.4 Å². The summed E-state index contributed by atoms with van der Waals surface area (Å²) in [6.07, 6.45) is 5.41. The molecule has 0 aliphatic rings. The van der Waals surface area contributed by atoms with E-state index in [0.29, 0.717) is 5.82 Å². The standard InChI is InChI=1S/C19H16N4O2/c1-25-16-8-4-14(5-9-16)22-18-19-20-10-11-23(19)17(12-21-18)13-2-6-15(24)7-3-13/h2-12,24H,1H3,(H,21,22). The number of methoxy groups -OCH3 is 1. The number of anilines is 2. The van der Waals surface area contributed by atoms with Gasteiger partial charge in [0.15, 0.2) is 11.5 Å². The van der Waals surface area contributed by atoms with Gasteiger partial charge in [-0.3, -0.25) is 4.40 Å². The van der Waals surface area contributed by atoms with Gasteiger partial charge in [0.1, 0.15) is 11.5 Å². The largest absolute Gasteiger partial charge is 0.508 e. The Balaban J connectivity index is 1.73. The topological polar surface area (TPSA) is 71.7 Å². The van der Waals surface area contributed by atoms with Crippen LogP contribution in [0.2, 0.25) is 0 Å². The normalized spacial score (nSPS) is 10.8. The molecule has 25 heavy (non-hydrogen) atoms. The Labute approximate surface area is 144 Å². The fourth-order valence-electron chi connectivity index (χ4n) is 2.66. The average molecular weight is 332 g/mol. The molecule has 2 aromatic carbocycles. The molecule has 0 bridgehead atoms. The maximum atomic E-state index is 9.47. The zero-order valence-electron chi connectivity index (χ0n) is 13.5. The average Bonchev–Trinajstić information content (AvgIpc) is 3.14. The summed E-state index contributed by atoms with van der Waals surface area (Å²) in [5, 5.41) is 12.8. The number of imidazole rings is 1. The number of benzene rings is 2. The van der Waals surface area contributed by atoms with Crippen LogP contribution in [0.3, 0.4) is 0 Å². The van der Waals surface area contributed by atoms with Gasteiger partial charge >= 0.3 is 0 Å². The van der Waals surface area contributed by atoms with Crippen LogP contribution in [0, 0.1) is 0 Å². The molecule has 0 amide bonds. The summed E-state index contributed by atoms with van der Waals surface area (Å²) in [6.45, 7) is 0. The van der Waals surface area contributed by atoms with Gasteiger partial charge in [0.25, 0.3) is 0 Å². The van der Waals surface area contributed by atoms with E-state index >= 15 is 0 Å². The van der Waals surface area contributed by atoms with Crippen LogP contribution in [0.4, 0.5) is 11.5 Å². The Morgan fingerprint density at radius 2 is 1.76 bits per heavy atom. The summed E-state index contributed by atoms with van der Waals surface area (Å²) >= 11 is 0. The number of nitrogens with one attached hydrogen (secondary N) is 1. The summed E-state index contributed by atoms with van der Waals surface area (Å²) in [5.41, 5.74) is 3.47. The van der Waals surface area contributed by atoms with E-state index in [1.54, 1.807) is 31.6 Å². The molecule has 0 fully saturated rings. The van der Waals surface area contributed by atoms with Crippen LogP contribution in [-0.2, 0) is 0 Å². The molecule has 0 radical (unpaired) electrons. The summed E-state index contributed by atoms with van der Waals surface area (Å²) in [4.78, 5) is 8.94. The molecule has 0 spiro atoms. The number of fused-ring (bicyclic) bond motifs is 1. The molecule has 2 N–H and O–H groups in total. The molecule has 0 saturated heterocycles. The van der Waals surface area contributed by atoms with E-state index in [2.05, 4.69) is 15.3 Å². The highest BCUT2D eigenvalue weighted by Crippen LogP contribution is 2.26. The monoisotopic (exact) mass is 332 g/mol. The third kappa shape index (κ3) is 2.85. The first kappa shape index (κ1) is 15.0. The van der Waals surface area contributed by atoms with Gasteiger partial charge in [0.2, 0.25) is 0 Å². The lowest BCUT2D eigenvalue weighted by Gasteiger charge is -2.11. The summed E-state index contributed by atoms with van der Waals surface area (Å²) in [6, 6.07) is 14.6. The highest BCUT2D eigenvalue weighted by molar-refractivity contribution is 5.74. The maximum absolute atomic E-state index is 9.47.